The van der Waals surface area contributed by atoms with Gasteiger partial charge in [-0.25, -0.2) is 0 Å². The average molecular weight is 219 g/mol. The second kappa shape index (κ2) is 4.18. The van der Waals surface area contributed by atoms with Gasteiger partial charge in [-0.15, -0.1) is 5.10 Å². The van der Waals surface area contributed by atoms with Crippen molar-refractivity contribution in [2.45, 2.75) is 18.8 Å². The first kappa shape index (κ1) is 10.4. The molecule has 1 aromatic heterocycles. The van der Waals surface area contributed by atoms with Crippen LogP contribution in [0.15, 0.2) is 12.3 Å². The van der Waals surface area contributed by atoms with Crippen molar-refractivity contribution in [3.63, 3.8) is 0 Å². The molecular formula is C10H9N3O3. The lowest BCUT2D eigenvalue weighted by Crippen LogP contribution is -2.39. The average Bonchev–Trinajstić information content (AvgIpc) is 2.29. The number of piperidine rings is 1. The van der Waals surface area contributed by atoms with Gasteiger partial charge in [-0.3, -0.25) is 19.7 Å². The summed E-state index contributed by atoms with van der Waals surface area (Å²) in [5.41, 5.74) is 0.796. The van der Waals surface area contributed by atoms with E-state index in [-0.39, 0.29) is 17.5 Å². The van der Waals surface area contributed by atoms with Gasteiger partial charge in [0.25, 0.3) is 0 Å². The van der Waals surface area contributed by atoms with Crippen LogP contribution in [0.5, 0.6) is 0 Å². The van der Waals surface area contributed by atoms with Gasteiger partial charge in [0.15, 0.2) is 6.29 Å². The van der Waals surface area contributed by atoms with Crippen LogP contribution in [0.3, 0.4) is 0 Å². The van der Waals surface area contributed by atoms with Crippen LogP contribution in [0.1, 0.15) is 34.8 Å². The highest BCUT2D eigenvalue weighted by molar-refractivity contribution is 6.00. The number of hydrogen-bond donors (Lipinski definition) is 1. The molecule has 1 fully saturated rings. The topological polar surface area (TPSA) is 89.0 Å². The second-order valence-electron chi connectivity index (χ2n) is 3.54. The van der Waals surface area contributed by atoms with Crippen molar-refractivity contribution in [1.29, 1.82) is 0 Å². The SMILES string of the molecule is O=Cc1cc(C2CCC(=O)NC2=O)cnn1. The molecule has 6 heteroatoms. The Morgan fingerprint density at radius 1 is 1.44 bits per heavy atom. The lowest BCUT2D eigenvalue weighted by atomic mass is 9.91. The number of carbonyl (C=O) groups is 3. The molecule has 1 aliphatic heterocycles. The number of nitrogens with zero attached hydrogens (tertiary/aromatic N) is 2. The fraction of sp³-hybridized carbons (Fsp3) is 0.300. The monoisotopic (exact) mass is 219 g/mol. The molecule has 1 aromatic rings. The van der Waals surface area contributed by atoms with E-state index in [2.05, 4.69) is 15.5 Å². The summed E-state index contributed by atoms with van der Waals surface area (Å²) in [7, 11) is 0. The third kappa shape index (κ3) is 1.95. The molecule has 2 amide bonds. The molecule has 2 rings (SSSR count). The molecule has 0 bridgehead atoms. The summed E-state index contributed by atoms with van der Waals surface area (Å²) in [6, 6.07) is 1.51. The maximum atomic E-state index is 11.5. The van der Waals surface area contributed by atoms with Crippen molar-refractivity contribution >= 4 is 18.1 Å². The number of rotatable bonds is 2. The summed E-state index contributed by atoms with van der Waals surface area (Å²) >= 11 is 0. The molecule has 1 aliphatic rings. The molecule has 1 saturated heterocycles. The Kier molecular flexibility index (Phi) is 2.72. The molecule has 0 aliphatic carbocycles. The molecule has 1 unspecified atom stereocenters. The molecule has 0 aromatic carbocycles. The van der Waals surface area contributed by atoms with Gasteiger partial charge in [-0.1, -0.05) is 0 Å². The van der Waals surface area contributed by atoms with Crippen molar-refractivity contribution in [2.24, 2.45) is 0 Å². The third-order valence-corrected chi connectivity index (χ3v) is 2.46. The summed E-state index contributed by atoms with van der Waals surface area (Å²) in [6.45, 7) is 0. The zero-order chi connectivity index (χ0) is 11.5. The van der Waals surface area contributed by atoms with E-state index in [0.717, 1.165) is 0 Å². The van der Waals surface area contributed by atoms with E-state index in [9.17, 15) is 14.4 Å². The van der Waals surface area contributed by atoms with Gasteiger partial charge in [-0.05, 0) is 18.1 Å². The molecule has 6 nitrogen and oxygen atoms in total. The number of aldehydes is 1. The Labute approximate surface area is 91.1 Å². The van der Waals surface area contributed by atoms with Gasteiger partial charge >= 0.3 is 0 Å². The molecule has 1 N–H and O–H groups in total. The van der Waals surface area contributed by atoms with Gasteiger partial charge in [0.05, 0.1) is 12.1 Å². The molecule has 2 heterocycles. The summed E-state index contributed by atoms with van der Waals surface area (Å²) in [4.78, 5) is 33.0. The third-order valence-electron chi connectivity index (χ3n) is 2.46. The summed E-state index contributed by atoms with van der Waals surface area (Å²) in [6.07, 6.45) is 2.75. The number of imide groups is 1. The van der Waals surface area contributed by atoms with Crippen molar-refractivity contribution in [1.82, 2.24) is 15.5 Å². The number of aromatic nitrogens is 2. The van der Waals surface area contributed by atoms with Crippen LogP contribution in [0, 0.1) is 0 Å². The van der Waals surface area contributed by atoms with Crippen molar-refractivity contribution < 1.29 is 14.4 Å². The van der Waals surface area contributed by atoms with Crippen molar-refractivity contribution in [3.05, 3.63) is 23.5 Å². The first-order valence-electron chi connectivity index (χ1n) is 4.82. The van der Waals surface area contributed by atoms with Crippen LogP contribution in [0.4, 0.5) is 0 Å². The van der Waals surface area contributed by atoms with Crippen LogP contribution in [0.25, 0.3) is 0 Å². The smallest absolute Gasteiger partial charge is 0.234 e. The van der Waals surface area contributed by atoms with Gasteiger partial charge in [-0.2, -0.15) is 5.10 Å². The minimum Gasteiger partial charge on any atom is -0.296 e. The molecule has 0 radical (unpaired) electrons. The number of nitrogens with one attached hydrogen (secondary N) is 1. The minimum absolute atomic E-state index is 0.183. The standard InChI is InChI=1S/C10H9N3O3/c14-5-7-3-6(4-11-13-7)8-1-2-9(15)12-10(8)16/h3-5,8H,1-2H2,(H,12,15,16). The van der Waals surface area contributed by atoms with Gasteiger partial charge < -0.3 is 0 Å². The molecule has 1 atom stereocenters. The summed E-state index contributed by atoms with van der Waals surface area (Å²) in [5, 5.41) is 9.46. The number of carbonyl (C=O) groups excluding carboxylic acids is 3. The Morgan fingerprint density at radius 2 is 2.25 bits per heavy atom. The Morgan fingerprint density at radius 3 is 2.94 bits per heavy atom. The quantitative estimate of drug-likeness (QED) is 0.550. The van der Waals surface area contributed by atoms with E-state index in [1.54, 1.807) is 0 Å². The lowest BCUT2D eigenvalue weighted by molar-refractivity contribution is -0.134. The van der Waals surface area contributed by atoms with Crippen LogP contribution >= 0.6 is 0 Å². The number of amides is 2. The molecule has 0 spiro atoms. The highest BCUT2D eigenvalue weighted by Gasteiger charge is 2.28. The van der Waals surface area contributed by atoms with E-state index in [4.69, 9.17) is 0 Å². The van der Waals surface area contributed by atoms with Crippen LogP contribution in [0.2, 0.25) is 0 Å². The first-order valence-corrected chi connectivity index (χ1v) is 4.82. The summed E-state index contributed by atoms with van der Waals surface area (Å²) < 4.78 is 0. The highest BCUT2D eigenvalue weighted by Crippen LogP contribution is 2.23. The van der Waals surface area contributed by atoms with E-state index in [1.165, 1.54) is 12.3 Å². The Hall–Kier alpha value is -2.11. The maximum absolute atomic E-state index is 11.5. The molecule has 82 valence electrons. The van der Waals surface area contributed by atoms with Crippen LogP contribution in [-0.4, -0.2) is 28.3 Å². The maximum Gasteiger partial charge on any atom is 0.234 e. The van der Waals surface area contributed by atoms with Gasteiger partial charge in [0.2, 0.25) is 11.8 Å². The minimum atomic E-state index is -0.424. The normalized spacial score (nSPS) is 20.4. The van der Waals surface area contributed by atoms with Gasteiger partial charge in [0.1, 0.15) is 5.69 Å². The first-order chi connectivity index (χ1) is 7.70. The van der Waals surface area contributed by atoms with Crippen LogP contribution in [-0.2, 0) is 9.59 Å². The Balaban J connectivity index is 2.26. The van der Waals surface area contributed by atoms with Crippen LogP contribution < -0.4 is 5.32 Å². The van der Waals surface area contributed by atoms with E-state index in [0.29, 0.717) is 24.7 Å². The zero-order valence-corrected chi connectivity index (χ0v) is 8.34. The van der Waals surface area contributed by atoms with E-state index < -0.39 is 5.92 Å². The fourth-order valence-corrected chi connectivity index (χ4v) is 1.66. The second-order valence-corrected chi connectivity index (χ2v) is 3.54. The predicted molar refractivity (Wildman–Crippen MR) is 52.5 cm³/mol. The largest absolute Gasteiger partial charge is 0.296 e. The zero-order valence-electron chi connectivity index (χ0n) is 8.34. The van der Waals surface area contributed by atoms with E-state index in [1.807, 2.05) is 0 Å². The van der Waals surface area contributed by atoms with Crippen molar-refractivity contribution in [2.75, 3.05) is 0 Å². The highest BCUT2D eigenvalue weighted by atomic mass is 16.2. The summed E-state index contributed by atoms with van der Waals surface area (Å²) in [5.74, 6) is -1.04. The van der Waals surface area contributed by atoms with E-state index >= 15 is 0 Å². The van der Waals surface area contributed by atoms with Gasteiger partial charge in [0, 0.05) is 6.42 Å². The molecule has 16 heavy (non-hydrogen) atoms. The predicted octanol–water partition coefficient (Wildman–Crippen LogP) is -0.191. The molecule has 0 saturated carbocycles. The lowest BCUT2D eigenvalue weighted by Gasteiger charge is -2.20. The molecular weight excluding hydrogens is 210 g/mol. The number of hydrogen-bond acceptors (Lipinski definition) is 5. The Bertz CT molecular complexity index is 458. The van der Waals surface area contributed by atoms with Crippen molar-refractivity contribution in [3.8, 4) is 0 Å². The fourth-order valence-electron chi connectivity index (χ4n) is 1.66.